The summed E-state index contributed by atoms with van der Waals surface area (Å²) < 4.78 is 0. The molecule has 2 rings (SSSR count). The molecule has 4 atom stereocenters. The van der Waals surface area contributed by atoms with Crippen LogP contribution in [0, 0.1) is 11.8 Å². The molecule has 2 aliphatic rings. The maximum atomic E-state index is 3.48. The van der Waals surface area contributed by atoms with E-state index in [1.165, 1.54) is 26.1 Å². The molecular weight excluding hydrogens is 160 g/mol. The Labute approximate surface area is 81.7 Å². The Kier molecular flexibility index (Phi) is 2.61. The van der Waals surface area contributed by atoms with Crippen molar-refractivity contribution in [3.05, 3.63) is 0 Å². The van der Waals surface area contributed by atoms with Gasteiger partial charge in [-0.05, 0) is 32.1 Å². The van der Waals surface area contributed by atoms with E-state index < -0.39 is 0 Å². The van der Waals surface area contributed by atoms with Gasteiger partial charge in [0.25, 0.3) is 0 Å². The lowest BCUT2D eigenvalue weighted by Crippen LogP contribution is -2.55. The molecule has 0 spiro atoms. The summed E-state index contributed by atoms with van der Waals surface area (Å²) in [6.45, 7) is 10.7. The normalized spacial score (nSPS) is 46.4. The van der Waals surface area contributed by atoms with Crippen LogP contribution < -0.4 is 5.32 Å². The van der Waals surface area contributed by atoms with Crippen LogP contribution in [0.15, 0.2) is 0 Å². The Morgan fingerprint density at radius 2 is 1.69 bits per heavy atom. The lowest BCUT2D eigenvalue weighted by atomic mass is 10.1. The highest BCUT2D eigenvalue weighted by Gasteiger charge is 2.36. The van der Waals surface area contributed by atoms with Gasteiger partial charge in [0.15, 0.2) is 0 Å². The summed E-state index contributed by atoms with van der Waals surface area (Å²) in [6, 6.07) is 1.47. The van der Waals surface area contributed by atoms with Crippen molar-refractivity contribution < 1.29 is 0 Å². The molecule has 1 N–H and O–H groups in total. The van der Waals surface area contributed by atoms with Gasteiger partial charge in [0, 0.05) is 31.7 Å². The van der Waals surface area contributed by atoms with Crippen molar-refractivity contribution >= 4 is 0 Å². The lowest BCUT2D eigenvalue weighted by Gasteiger charge is -2.39. The van der Waals surface area contributed by atoms with Crippen molar-refractivity contribution in [2.45, 2.75) is 39.3 Å². The first-order valence-corrected chi connectivity index (χ1v) is 5.65. The zero-order valence-corrected chi connectivity index (χ0v) is 9.09. The molecule has 2 nitrogen and oxygen atoms in total. The van der Waals surface area contributed by atoms with Crippen molar-refractivity contribution in [1.29, 1.82) is 0 Å². The van der Waals surface area contributed by atoms with Gasteiger partial charge in [-0.3, -0.25) is 4.90 Å². The molecule has 1 aliphatic heterocycles. The van der Waals surface area contributed by atoms with E-state index in [1.807, 2.05) is 0 Å². The average Bonchev–Trinajstić information content (AvgIpc) is 2.75. The minimum Gasteiger partial charge on any atom is -0.314 e. The Morgan fingerprint density at radius 1 is 1.15 bits per heavy atom. The first-order valence-electron chi connectivity index (χ1n) is 5.65. The highest BCUT2D eigenvalue weighted by Crippen LogP contribution is 2.39. The maximum absolute atomic E-state index is 3.48. The van der Waals surface area contributed by atoms with Crippen LogP contribution in [-0.4, -0.2) is 36.6 Å². The molecule has 0 aromatic rings. The van der Waals surface area contributed by atoms with Crippen molar-refractivity contribution in [3.8, 4) is 0 Å². The fraction of sp³-hybridized carbons (Fsp3) is 1.00. The van der Waals surface area contributed by atoms with Gasteiger partial charge in [0.2, 0.25) is 0 Å². The molecule has 1 heterocycles. The standard InChI is InChI=1S/C11H22N2/c1-8-4-11(8)7-13-9(2)5-12-6-10(13)3/h8-12H,4-7H2,1-3H3/t8?,9-,10+,11?. The van der Waals surface area contributed by atoms with E-state index >= 15 is 0 Å². The van der Waals surface area contributed by atoms with E-state index in [9.17, 15) is 0 Å². The molecule has 0 amide bonds. The molecule has 0 aromatic carbocycles. The monoisotopic (exact) mass is 182 g/mol. The maximum Gasteiger partial charge on any atom is 0.0195 e. The number of rotatable bonds is 2. The summed E-state index contributed by atoms with van der Waals surface area (Å²) in [4.78, 5) is 2.69. The van der Waals surface area contributed by atoms with Crippen molar-refractivity contribution in [2.75, 3.05) is 19.6 Å². The van der Waals surface area contributed by atoms with Gasteiger partial charge in [-0.25, -0.2) is 0 Å². The topological polar surface area (TPSA) is 15.3 Å². The third-order valence-electron chi connectivity index (χ3n) is 3.73. The van der Waals surface area contributed by atoms with Gasteiger partial charge < -0.3 is 5.32 Å². The van der Waals surface area contributed by atoms with Crippen LogP contribution in [0.1, 0.15) is 27.2 Å². The van der Waals surface area contributed by atoms with E-state index in [1.54, 1.807) is 0 Å². The molecule has 2 unspecified atom stereocenters. The average molecular weight is 182 g/mol. The molecule has 0 bridgehead atoms. The smallest absolute Gasteiger partial charge is 0.0195 e. The van der Waals surface area contributed by atoms with E-state index in [4.69, 9.17) is 0 Å². The molecule has 1 aliphatic carbocycles. The zero-order chi connectivity index (χ0) is 9.42. The summed E-state index contributed by atoms with van der Waals surface area (Å²) in [7, 11) is 0. The fourth-order valence-corrected chi connectivity index (χ4v) is 2.45. The third kappa shape index (κ3) is 2.05. The highest BCUT2D eigenvalue weighted by molar-refractivity contribution is 4.90. The number of nitrogens with zero attached hydrogens (tertiary/aromatic N) is 1. The molecule has 76 valence electrons. The van der Waals surface area contributed by atoms with Gasteiger partial charge in [-0.2, -0.15) is 0 Å². The second-order valence-electron chi connectivity index (χ2n) is 5.03. The second-order valence-corrected chi connectivity index (χ2v) is 5.03. The SMILES string of the molecule is CC1CC1CN1[C@H](C)CNC[C@@H]1C. The van der Waals surface area contributed by atoms with Crippen LogP contribution in [0.2, 0.25) is 0 Å². The minimum atomic E-state index is 0.733. The summed E-state index contributed by atoms with van der Waals surface area (Å²) >= 11 is 0. The molecule has 0 radical (unpaired) electrons. The zero-order valence-electron chi connectivity index (χ0n) is 9.09. The predicted octanol–water partition coefficient (Wildman–Crippen LogP) is 1.32. The molecule has 2 fully saturated rings. The van der Waals surface area contributed by atoms with E-state index in [-0.39, 0.29) is 0 Å². The number of hydrogen-bond donors (Lipinski definition) is 1. The van der Waals surface area contributed by atoms with Crippen LogP contribution in [-0.2, 0) is 0 Å². The van der Waals surface area contributed by atoms with Crippen molar-refractivity contribution in [2.24, 2.45) is 11.8 Å². The van der Waals surface area contributed by atoms with Gasteiger partial charge in [0.1, 0.15) is 0 Å². The Balaban J connectivity index is 1.86. The largest absolute Gasteiger partial charge is 0.314 e. The summed E-state index contributed by atoms with van der Waals surface area (Å²) in [5, 5.41) is 3.48. The van der Waals surface area contributed by atoms with Crippen LogP contribution in [0.4, 0.5) is 0 Å². The number of hydrogen-bond acceptors (Lipinski definition) is 2. The molecule has 1 saturated carbocycles. The van der Waals surface area contributed by atoms with Crippen molar-refractivity contribution in [1.82, 2.24) is 10.2 Å². The second kappa shape index (κ2) is 3.58. The van der Waals surface area contributed by atoms with Crippen LogP contribution in [0.25, 0.3) is 0 Å². The summed E-state index contributed by atoms with van der Waals surface area (Å²) in [5.41, 5.74) is 0. The van der Waals surface area contributed by atoms with Gasteiger partial charge >= 0.3 is 0 Å². The van der Waals surface area contributed by atoms with E-state index in [0.29, 0.717) is 0 Å². The molecule has 0 aromatic heterocycles. The van der Waals surface area contributed by atoms with E-state index in [0.717, 1.165) is 23.9 Å². The van der Waals surface area contributed by atoms with E-state index in [2.05, 4.69) is 31.0 Å². The van der Waals surface area contributed by atoms with Gasteiger partial charge in [-0.15, -0.1) is 0 Å². The van der Waals surface area contributed by atoms with Crippen LogP contribution in [0.5, 0.6) is 0 Å². The van der Waals surface area contributed by atoms with Crippen molar-refractivity contribution in [3.63, 3.8) is 0 Å². The minimum absolute atomic E-state index is 0.733. The Bertz CT molecular complexity index is 171. The fourth-order valence-electron chi connectivity index (χ4n) is 2.45. The molecule has 1 saturated heterocycles. The third-order valence-corrected chi connectivity index (χ3v) is 3.73. The van der Waals surface area contributed by atoms with Gasteiger partial charge in [-0.1, -0.05) is 6.92 Å². The quantitative estimate of drug-likeness (QED) is 0.693. The van der Waals surface area contributed by atoms with Crippen LogP contribution in [0.3, 0.4) is 0 Å². The molecule has 13 heavy (non-hydrogen) atoms. The highest BCUT2D eigenvalue weighted by atomic mass is 15.2. The Morgan fingerprint density at radius 3 is 2.15 bits per heavy atom. The number of nitrogens with one attached hydrogen (secondary N) is 1. The first kappa shape index (κ1) is 9.47. The lowest BCUT2D eigenvalue weighted by molar-refractivity contribution is 0.109. The first-order chi connectivity index (χ1) is 6.18. The summed E-state index contributed by atoms with van der Waals surface area (Å²) in [5.74, 6) is 2.00. The number of piperazine rings is 1. The van der Waals surface area contributed by atoms with Crippen LogP contribution >= 0.6 is 0 Å². The van der Waals surface area contributed by atoms with Gasteiger partial charge in [0.05, 0.1) is 0 Å². The molecule has 2 heteroatoms. The Hall–Kier alpha value is -0.0800. The molecular formula is C11H22N2. The predicted molar refractivity (Wildman–Crippen MR) is 55.8 cm³/mol. The summed E-state index contributed by atoms with van der Waals surface area (Å²) in [6.07, 6.45) is 1.46.